The Kier molecular flexibility index (Phi) is 2.64. The highest BCUT2D eigenvalue weighted by Crippen LogP contribution is 2.19. The van der Waals surface area contributed by atoms with Crippen LogP contribution >= 0.6 is 0 Å². The van der Waals surface area contributed by atoms with E-state index in [1.807, 2.05) is 0 Å². The summed E-state index contributed by atoms with van der Waals surface area (Å²) in [5.41, 5.74) is 5.93. The van der Waals surface area contributed by atoms with Crippen LogP contribution in [0.5, 0.6) is 5.75 Å². The lowest BCUT2D eigenvalue weighted by Crippen LogP contribution is -2.17. The highest BCUT2D eigenvalue weighted by molar-refractivity contribution is 5.79. The van der Waals surface area contributed by atoms with Gasteiger partial charge in [0.05, 0.1) is 0 Å². The topological polar surface area (TPSA) is 69.4 Å². The summed E-state index contributed by atoms with van der Waals surface area (Å²) in [5.74, 6) is 0.317. The summed E-state index contributed by atoms with van der Waals surface area (Å²) < 4.78 is 4.67. The number of carbonyl (C=O) groups is 2. The van der Waals surface area contributed by atoms with E-state index in [9.17, 15) is 9.59 Å². The first kappa shape index (κ1) is 9.25. The van der Waals surface area contributed by atoms with Gasteiger partial charge in [-0.25, -0.2) is 4.79 Å². The average molecular weight is 179 g/mol. The molecule has 2 N–H and O–H groups in total. The Morgan fingerprint density at radius 2 is 2.23 bits per heavy atom. The summed E-state index contributed by atoms with van der Waals surface area (Å²) in [6.45, 7) is 1.68. The second-order valence-electron chi connectivity index (χ2n) is 2.51. The van der Waals surface area contributed by atoms with Crippen molar-refractivity contribution in [2.24, 2.45) is 5.73 Å². The largest absolute Gasteiger partial charge is 0.410 e. The Morgan fingerprint density at radius 1 is 1.54 bits per heavy atom. The minimum Gasteiger partial charge on any atom is -0.410 e. The molecule has 0 aliphatic carbocycles. The SMILES string of the molecule is Cc1c(C=O)cccc1OC(N)=O. The van der Waals surface area contributed by atoms with E-state index in [1.165, 1.54) is 0 Å². The van der Waals surface area contributed by atoms with Crippen LogP contribution in [0, 0.1) is 6.92 Å². The number of nitrogens with two attached hydrogens (primary N) is 1. The van der Waals surface area contributed by atoms with Gasteiger partial charge in [-0.3, -0.25) is 4.79 Å². The minimum atomic E-state index is -0.883. The first-order valence-corrected chi connectivity index (χ1v) is 3.67. The molecular weight excluding hydrogens is 170 g/mol. The highest BCUT2D eigenvalue weighted by Gasteiger charge is 2.05. The molecule has 1 amide bonds. The molecule has 0 spiro atoms. The van der Waals surface area contributed by atoms with Gasteiger partial charge in [0.25, 0.3) is 0 Å². The first-order valence-electron chi connectivity index (χ1n) is 3.67. The lowest BCUT2D eigenvalue weighted by atomic mass is 10.1. The van der Waals surface area contributed by atoms with Gasteiger partial charge in [0.2, 0.25) is 0 Å². The number of aldehydes is 1. The number of benzene rings is 1. The van der Waals surface area contributed by atoms with Crippen molar-refractivity contribution >= 4 is 12.4 Å². The molecule has 0 atom stereocenters. The van der Waals surface area contributed by atoms with Crippen LogP contribution in [0.25, 0.3) is 0 Å². The van der Waals surface area contributed by atoms with Crippen LogP contribution in [0.1, 0.15) is 15.9 Å². The third-order valence-electron chi connectivity index (χ3n) is 1.66. The molecule has 4 heteroatoms. The molecule has 0 aliphatic heterocycles. The molecule has 13 heavy (non-hydrogen) atoms. The van der Waals surface area contributed by atoms with Crippen molar-refractivity contribution in [2.45, 2.75) is 6.92 Å². The van der Waals surface area contributed by atoms with E-state index in [0.717, 1.165) is 0 Å². The van der Waals surface area contributed by atoms with E-state index in [2.05, 4.69) is 4.74 Å². The maximum absolute atomic E-state index is 10.5. The van der Waals surface area contributed by atoms with Gasteiger partial charge in [0, 0.05) is 11.1 Å². The van der Waals surface area contributed by atoms with E-state index in [4.69, 9.17) is 5.73 Å². The van der Waals surface area contributed by atoms with Crippen molar-refractivity contribution in [2.75, 3.05) is 0 Å². The van der Waals surface area contributed by atoms with Crippen LogP contribution in [0.2, 0.25) is 0 Å². The molecular formula is C9H9NO3. The fraction of sp³-hybridized carbons (Fsp3) is 0.111. The van der Waals surface area contributed by atoms with E-state index < -0.39 is 6.09 Å². The molecule has 0 saturated heterocycles. The molecule has 0 radical (unpaired) electrons. The van der Waals surface area contributed by atoms with Crippen molar-refractivity contribution < 1.29 is 14.3 Å². The van der Waals surface area contributed by atoms with Crippen LogP contribution in [0.3, 0.4) is 0 Å². The zero-order valence-corrected chi connectivity index (χ0v) is 7.11. The molecule has 0 aliphatic rings. The minimum absolute atomic E-state index is 0.317. The van der Waals surface area contributed by atoms with Gasteiger partial charge in [-0.1, -0.05) is 12.1 Å². The van der Waals surface area contributed by atoms with Crippen LogP contribution in [0.4, 0.5) is 4.79 Å². The third-order valence-corrected chi connectivity index (χ3v) is 1.66. The normalized spacial score (nSPS) is 9.31. The van der Waals surface area contributed by atoms with Gasteiger partial charge in [-0.15, -0.1) is 0 Å². The molecule has 0 bridgehead atoms. The Morgan fingerprint density at radius 3 is 2.77 bits per heavy atom. The maximum atomic E-state index is 10.5. The summed E-state index contributed by atoms with van der Waals surface area (Å²) in [6, 6.07) is 4.83. The molecule has 0 heterocycles. The number of hydrogen-bond acceptors (Lipinski definition) is 3. The summed E-state index contributed by atoms with van der Waals surface area (Å²) >= 11 is 0. The molecule has 68 valence electrons. The molecule has 0 unspecified atom stereocenters. The molecule has 1 aromatic rings. The molecule has 4 nitrogen and oxygen atoms in total. The van der Waals surface area contributed by atoms with E-state index in [-0.39, 0.29) is 0 Å². The fourth-order valence-electron chi connectivity index (χ4n) is 0.978. The van der Waals surface area contributed by atoms with Gasteiger partial charge in [-0.05, 0) is 13.0 Å². The van der Waals surface area contributed by atoms with Crippen molar-refractivity contribution in [3.63, 3.8) is 0 Å². The summed E-state index contributed by atoms with van der Waals surface area (Å²) in [6.07, 6.45) is -0.186. The van der Waals surface area contributed by atoms with Crippen molar-refractivity contribution in [1.82, 2.24) is 0 Å². The number of rotatable bonds is 2. The quantitative estimate of drug-likeness (QED) is 0.695. The molecule has 0 aromatic heterocycles. The van der Waals surface area contributed by atoms with E-state index in [0.29, 0.717) is 23.2 Å². The molecule has 0 fully saturated rings. The summed E-state index contributed by atoms with van der Waals surface area (Å²) in [4.78, 5) is 20.9. The number of ether oxygens (including phenoxy) is 1. The summed E-state index contributed by atoms with van der Waals surface area (Å²) in [5, 5.41) is 0. The number of hydrogen-bond donors (Lipinski definition) is 1. The van der Waals surface area contributed by atoms with Crippen LogP contribution in [0.15, 0.2) is 18.2 Å². The maximum Gasteiger partial charge on any atom is 0.409 e. The number of carbonyl (C=O) groups excluding carboxylic acids is 2. The molecule has 1 rings (SSSR count). The van der Waals surface area contributed by atoms with Gasteiger partial charge >= 0.3 is 6.09 Å². The van der Waals surface area contributed by atoms with Crippen molar-refractivity contribution in [3.8, 4) is 5.75 Å². The Bertz CT molecular complexity index is 347. The second kappa shape index (κ2) is 3.71. The smallest absolute Gasteiger partial charge is 0.409 e. The highest BCUT2D eigenvalue weighted by atomic mass is 16.5. The third kappa shape index (κ3) is 2.05. The average Bonchev–Trinajstić information content (AvgIpc) is 2.08. The first-order chi connectivity index (χ1) is 6.15. The number of amides is 1. The molecule has 0 saturated carbocycles. The van der Waals surface area contributed by atoms with Gasteiger partial charge < -0.3 is 10.5 Å². The second-order valence-corrected chi connectivity index (χ2v) is 2.51. The Labute approximate surface area is 75.3 Å². The Balaban J connectivity index is 3.07. The van der Waals surface area contributed by atoms with Crippen LogP contribution < -0.4 is 10.5 Å². The van der Waals surface area contributed by atoms with E-state index >= 15 is 0 Å². The Hall–Kier alpha value is -1.84. The van der Waals surface area contributed by atoms with Crippen molar-refractivity contribution in [1.29, 1.82) is 0 Å². The zero-order valence-electron chi connectivity index (χ0n) is 7.11. The standard InChI is InChI=1S/C9H9NO3/c1-6-7(5-11)3-2-4-8(6)13-9(10)12/h2-5H,1H3,(H2,10,12). The van der Waals surface area contributed by atoms with E-state index in [1.54, 1.807) is 25.1 Å². The predicted molar refractivity (Wildman–Crippen MR) is 46.8 cm³/mol. The summed E-state index contributed by atoms with van der Waals surface area (Å²) in [7, 11) is 0. The zero-order chi connectivity index (χ0) is 9.84. The number of primary amides is 1. The van der Waals surface area contributed by atoms with Crippen LogP contribution in [-0.2, 0) is 0 Å². The van der Waals surface area contributed by atoms with Crippen LogP contribution in [-0.4, -0.2) is 12.4 Å². The predicted octanol–water partition coefficient (Wildman–Crippen LogP) is 1.27. The lowest BCUT2D eigenvalue weighted by molar-refractivity contribution is 0.112. The van der Waals surface area contributed by atoms with Gasteiger partial charge in [-0.2, -0.15) is 0 Å². The van der Waals surface area contributed by atoms with Gasteiger partial charge in [0.1, 0.15) is 12.0 Å². The fourth-order valence-corrected chi connectivity index (χ4v) is 0.978. The monoisotopic (exact) mass is 179 g/mol. The van der Waals surface area contributed by atoms with Crippen molar-refractivity contribution in [3.05, 3.63) is 29.3 Å². The molecule has 1 aromatic carbocycles. The lowest BCUT2D eigenvalue weighted by Gasteiger charge is -2.05. The van der Waals surface area contributed by atoms with Gasteiger partial charge in [0.15, 0.2) is 0 Å².